The number of benzene rings is 2. The summed E-state index contributed by atoms with van der Waals surface area (Å²) in [6.45, 7) is 8.21. The van der Waals surface area contributed by atoms with E-state index in [2.05, 4.69) is 40.8 Å². The van der Waals surface area contributed by atoms with E-state index in [1.54, 1.807) is 7.11 Å². The molecule has 2 N–H and O–H groups in total. The van der Waals surface area contributed by atoms with Crippen molar-refractivity contribution in [3.8, 4) is 0 Å². The van der Waals surface area contributed by atoms with E-state index in [-0.39, 0.29) is 37.4 Å². The maximum absolute atomic E-state index is 13.3. The number of nitrogens with one attached hydrogen (secondary N) is 2. The molecule has 2 aliphatic heterocycles. The molecular formula is C41H54N8O8S2. The quantitative estimate of drug-likeness (QED) is 0.0690. The molecule has 16 nitrogen and oxygen atoms in total. The molecule has 0 spiro atoms. The maximum Gasteiger partial charge on any atom is 0.307 e. The summed E-state index contributed by atoms with van der Waals surface area (Å²) >= 11 is 2.68. The van der Waals surface area contributed by atoms with Gasteiger partial charge >= 0.3 is 5.97 Å². The Morgan fingerprint density at radius 1 is 0.712 bits per heavy atom. The number of unbranched alkanes of at least 4 members (excludes halogenated alkanes) is 1. The van der Waals surface area contributed by atoms with Crippen molar-refractivity contribution in [3.63, 3.8) is 0 Å². The van der Waals surface area contributed by atoms with Crippen molar-refractivity contribution in [2.24, 2.45) is 0 Å². The molecule has 2 atom stereocenters. The fourth-order valence-electron chi connectivity index (χ4n) is 6.31. The van der Waals surface area contributed by atoms with E-state index in [1.807, 2.05) is 60.7 Å². The number of amides is 2. The number of anilines is 2. The highest BCUT2D eigenvalue weighted by atomic mass is 32.1. The lowest BCUT2D eigenvalue weighted by Crippen LogP contribution is -2.37. The molecule has 2 aromatic heterocycles. The first-order valence-electron chi connectivity index (χ1n) is 20.0. The molecule has 2 saturated heterocycles. The van der Waals surface area contributed by atoms with E-state index in [9.17, 15) is 19.2 Å². The van der Waals surface area contributed by atoms with E-state index >= 15 is 0 Å². The predicted molar refractivity (Wildman–Crippen MR) is 225 cm³/mol. The minimum Gasteiger partial charge on any atom is -0.464 e. The first kappa shape index (κ1) is 45.5. The number of carbonyl (C=O) groups excluding carboxylic acids is 4. The second-order valence-corrected chi connectivity index (χ2v) is 16.0. The first-order valence-corrected chi connectivity index (χ1v) is 21.6. The summed E-state index contributed by atoms with van der Waals surface area (Å²) in [5.41, 5.74) is 1.62. The highest BCUT2D eigenvalue weighted by molar-refractivity contribution is 7.15. The number of aldehydes is 1. The van der Waals surface area contributed by atoms with Crippen LogP contribution >= 0.6 is 22.7 Å². The topological polar surface area (TPSA) is 187 Å². The van der Waals surface area contributed by atoms with Gasteiger partial charge in [-0.05, 0) is 24.0 Å². The zero-order valence-electron chi connectivity index (χ0n) is 33.5. The molecule has 6 rings (SSSR count). The molecule has 4 heterocycles. The summed E-state index contributed by atoms with van der Waals surface area (Å²) < 4.78 is 21.3. The summed E-state index contributed by atoms with van der Waals surface area (Å²) in [4.78, 5) is 53.2. The number of rotatable bonds is 21. The second-order valence-electron chi connectivity index (χ2n) is 13.9. The summed E-state index contributed by atoms with van der Waals surface area (Å²) in [5.74, 6) is -1.98. The van der Waals surface area contributed by atoms with Crippen molar-refractivity contribution < 1.29 is 38.1 Å². The monoisotopic (exact) mass is 850 g/mol. The number of methoxy groups -OCH3 is 1. The van der Waals surface area contributed by atoms with Crippen LogP contribution in [0.1, 0.15) is 58.7 Å². The Morgan fingerprint density at radius 2 is 1.19 bits per heavy atom. The molecule has 2 aromatic carbocycles. The van der Waals surface area contributed by atoms with Gasteiger partial charge in [0.2, 0.25) is 22.1 Å². The molecule has 2 unspecified atom stereocenters. The van der Waals surface area contributed by atoms with Crippen molar-refractivity contribution in [1.29, 1.82) is 0 Å². The largest absolute Gasteiger partial charge is 0.464 e. The van der Waals surface area contributed by atoms with Gasteiger partial charge in [0.05, 0.1) is 51.3 Å². The van der Waals surface area contributed by atoms with Crippen LogP contribution < -0.4 is 10.6 Å². The van der Waals surface area contributed by atoms with Crippen LogP contribution in [0.15, 0.2) is 60.7 Å². The highest BCUT2D eigenvalue weighted by Gasteiger charge is 2.25. The van der Waals surface area contributed by atoms with Crippen LogP contribution in [0.25, 0.3) is 0 Å². The zero-order chi connectivity index (χ0) is 41.5. The number of aromatic nitrogens is 4. The van der Waals surface area contributed by atoms with Crippen LogP contribution in [0.2, 0.25) is 0 Å². The van der Waals surface area contributed by atoms with Crippen LogP contribution in [-0.4, -0.2) is 140 Å². The van der Waals surface area contributed by atoms with E-state index in [4.69, 9.17) is 18.9 Å². The Kier molecular flexibility index (Phi) is 19.9. The van der Waals surface area contributed by atoms with E-state index < -0.39 is 11.8 Å². The molecular weight excluding hydrogens is 797 g/mol. The van der Waals surface area contributed by atoms with Gasteiger partial charge in [-0.1, -0.05) is 83.3 Å². The minimum absolute atomic E-state index is 0.0682. The lowest BCUT2D eigenvalue weighted by Gasteiger charge is -2.26. The normalized spacial score (nSPS) is 15.6. The van der Waals surface area contributed by atoms with Gasteiger partial charge < -0.3 is 23.7 Å². The summed E-state index contributed by atoms with van der Waals surface area (Å²) in [6, 6.07) is 18.8. The summed E-state index contributed by atoms with van der Waals surface area (Å²) in [7, 11) is 1.57. The average molecular weight is 851 g/mol. The van der Waals surface area contributed by atoms with Gasteiger partial charge in [0.15, 0.2) is 0 Å². The molecule has 0 aliphatic carbocycles. The Labute approximate surface area is 353 Å². The molecule has 4 aromatic rings. The lowest BCUT2D eigenvalue weighted by molar-refractivity contribution is -0.145. The molecule has 18 heteroatoms. The Balaban J connectivity index is 0.000000578. The van der Waals surface area contributed by atoms with E-state index in [1.165, 1.54) is 22.7 Å². The number of hydrogen-bond donors (Lipinski definition) is 2. The van der Waals surface area contributed by atoms with Gasteiger partial charge in [0, 0.05) is 65.6 Å². The average Bonchev–Trinajstić information content (AvgIpc) is 3.93. The minimum atomic E-state index is -0.688. The van der Waals surface area contributed by atoms with Gasteiger partial charge in [-0.3, -0.25) is 34.8 Å². The molecule has 0 radical (unpaired) electrons. The van der Waals surface area contributed by atoms with Crippen LogP contribution in [0.4, 0.5) is 10.3 Å². The van der Waals surface area contributed by atoms with Crippen molar-refractivity contribution in [3.05, 3.63) is 81.8 Å². The van der Waals surface area contributed by atoms with Crippen LogP contribution in [0.3, 0.4) is 0 Å². The van der Waals surface area contributed by atoms with E-state index in [0.717, 1.165) is 86.2 Å². The molecule has 2 amide bonds. The van der Waals surface area contributed by atoms with Gasteiger partial charge in [-0.25, -0.2) is 0 Å². The number of esters is 1. The number of morpholine rings is 2. The van der Waals surface area contributed by atoms with Crippen LogP contribution in [0, 0.1) is 0 Å². The van der Waals surface area contributed by atoms with Crippen molar-refractivity contribution in [2.45, 2.75) is 50.4 Å². The predicted octanol–water partition coefficient (Wildman–Crippen LogP) is 4.22. The highest BCUT2D eigenvalue weighted by Crippen LogP contribution is 2.24. The second kappa shape index (κ2) is 25.8. The lowest BCUT2D eigenvalue weighted by atomic mass is 9.99. The number of hydrogen-bond acceptors (Lipinski definition) is 16. The molecule has 2 aliphatic rings. The van der Waals surface area contributed by atoms with Crippen molar-refractivity contribution in [1.82, 2.24) is 30.2 Å². The number of nitrogens with zero attached hydrogens (tertiary/aromatic N) is 6. The number of ether oxygens (including phenoxy) is 4. The van der Waals surface area contributed by atoms with Gasteiger partial charge in [0.1, 0.15) is 22.9 Å². The Morgan fingerprint density at radius 3 is 1.66 bits per heavy atom. The van der Waals surface area contributed by atoms with Crippen molar-refractivity contribution >= 4 is 57.0 Å². The molecule has 2 fully saturated rings. The third-order valence-corrected chi connectivity index (χ3v) is 11.4. The smallest absolute Gasteiger partial charge is 0.307 e. The van der Waals surface area contributed by atoms with Crippen molar-refractivity contribution in [2.75, 3.05) is 96.7 Å². The summed E-state index contributed by atoms with van der Waals surface area (Å²) in [6.07, 6.45) is 4.95. The van der Waals surface area contributed by atoms with Gasteiger partial charge in [-0.2, -0.15) is 0 Å². The molecule has 59 heavy (non-hydrogen) atoms. The number of aryl methyl sites for hydroxylation is 2. The first-order chi connectivity index (χ1) is 28.9. The summed E-state index contributed by atoms with van der Waals surface area (Å²) in [5, 5.41) is 25.0. The number of carbonyl (C=O) groups is 4. The van der Waals surface area contributed by atoms with E-state index in [0.29, 0.717) is 49.3 Å². The Hall–Kier alpha value is -4.56. The van der Waals surface area contributed by atoms with Gasteiger partial charge in [-0.15, -0.1) is 20.4 Å². The SMILES string of the molecule is COCC(C(=O)Nc1nnc(CCCCc2nnc(NC(=O)C(COC(=O)CCN3CCOCC3)c3ccccc3)s2)s1)c1ccccc1.O=CCCN1CCOCC1. The van der Waals surface area contributed by atoms with Crippen LogP contribution in [-0.2, 0) is 51.0 Å². The maximum atomic E-state index is 13.3. The third kappa shape index (κ3) is 16.2. The molecule has 0 bridgehead atoms. The zero-order valence-corrected chi connectivity index (χ0v) is 35.1. The fourth-order valence-corrected chi connectivity index (χ4v) is 7.88. The van der Waals surface area contributed by atoms with Crippen LogP contribution in [0.5, 0.6) is 0 Å². The van der Waals surface area contributed by atoms with Gasteiger partial charge in [0.25, 0.3) is 0 Å². The molecule has 0 saturated carbocycles. The third-order valence-electron chi connectivity index (χ3n) is 9.61. The Bertz CT molecular complexity index is 1840. The fraction of sp³-hybridized carbons (Fsp3) is 0.512. The molecule has 318 valence electrons. The standard InChI is InChI=1S/C34H41N7O6S2.C7H13NO2/c1-45-22-26(24-10-4-2-5-11-24)31(43)35-33-39-37-28(48-33)14-8-9-15-29-38-40-34(49-29)36-32(44)27(25-12-6-3-7-13-25)23-47-30(42)16-17-41-18-20-46-21-19-41;9-5-1-2-8-3-6-10-7-4-8/h2-7,10-13,26-27H,8-9,14-23H2,1H3,(H,35,39,43)(H,36,40,44);5H,1-4,6-7H2.